The Morgan fingerprint density at radius 2 is 2.19 bits per heavy atom. The predicted molar refractivity (Wildman–Crippen MR) is 106 cm³/mol. The van der Waals surface area contributed by atoms with Crippen molar-refractivity contribution in [3.8, 4) is 0 Å². The third-order valence-electron chi connectivity index (χ3n) is 5.33. The van der Waals surface area contributed by atoms with Gasteiger partial charge in [-0.25, -0.2) is 9.97 Å². The monoisotopic (exact) mass is 364 g/mol. The van der Waals surface area contributed by atoms with Gasteiger partial charge in [0.1, 0.15) is 5.82 Å². The predicted octanol–water partition coefficient (Wildman–Crippen LogP) is 2.04. The number of para-hydroxylation sites is 1. The van der Waals surface area contributed by atoms with Gasteiger partial charge in [0, 0.05) is 48.6 Å². The molecule has 140 valence electrons. The molecule has 3 aromatic rings. The number of hydrogen-bond donors (Lipinski definition) is 3. The van der Waals surface area contributed by atoms with Crippen LogP contribution >= 0.6 is 0 Å². The van der Waals surface area contributed by atoms with Crippen molar-refractivity contribution in [1.82, 2.24) is 20.3 Å². The Kier molecular flexibility index (Phi) is 4.53. The van der Waals surface area contributed by atoms with Crippen LogP contribution in [0.15, 0.2) is 30.5 Å². The van der Waals surface area contributed by atoms with Crippen molar-refractivity contribution in [3.63, 3.8) is 0 Å². The highest BCUT2D eigenvalue weighted by Crippen LogP contribution is 2.24. The van der Waals surface area contributed by atoms with Gasteiger partial charge < -0.3 is 20.9 Å². The van der Waals surface area contributed by atoms with E-state index in [0.29, 0.717) is 6.04 Å². The van der Waals surface area contributed by atoms with E-state index in [9.17, 15) is 4.79 Å². The minimum absolute atomic E-state index is 0.0860. The topological polar surface area (TPSA) is 99.9 Å². The second-order valence-corrected chi connectivity index (χ2v) is 7.12. The first kappa shape index (κ1) is 17.5. The number of nitrogens with one attached hydrogen (secondary N) is 2. The molecule has 4 rings (SSSR count). The Morgan fingerprint density at radius 1 is 1.33 bits per heavy atom. The number of carbonyl (C=O) groups is 1. The summed E-state index contributed by atoms with van der Waals surface area (Å²) in [5, 5.41) is 4.88. The van der Waals surface area contributed by atoms with E-state index in [1.807, 2.05) is 20.0 Å². The van der Waals surface area contributed by atoms with Crippen molar-refractivity contribution < 1.29 is 4.79 Å². The number of aryl methyl sites for hydroxylation is 1. The zero-order valence-corrected chi connectivity index (χ0v) is 15.6. The number of aromatic nitrogens is 3. The number of rotatable bonds is 5. The van der Waals surface area contributed by atoms with Gasteiger partial charge in [0.05, 0.1) is 0 Å². The molecule has 0 aliphatic carbocycles. The Bertz CT molecular complexity index is 995. The minimum atomic E-state index is -0.590. The zero-order valence-electron chi connectivity index (χ0n) is 15.6. The average molecular weight is 364 g/mol. The zero-order chi connectivity index (χ0) is 19.0. The van der Waals surface area contributed by atoms with Crippen molar-refractivity contribution >= 4 is 22.6 Å². The lowest BCUT2D eigenvalue weighted by Gasteiger charge is -2.21. The maximum Gasteiger partial charge on any atom is 0.286 e. The number of hydrogen-bond acceptors (Lipinski definition) is 5. The van der Waals surface area contributed by atoms with E-state index in [1.165, 1.54) is 16.5 Å². The van der Waals surface area contributed by atoms with Gasteiger partial charge in [-0.1, -0.05) is 18.2 Å². The van der Waals surface area contributed by atoms with Gasteiger partial charge >= 0.3 is 0 Å². The van der Waals surface area contributed by atoms with Crippen LogP contribution in [-0.2, 0) is 6.54 Å². The number of amides is 1. The van der Waals surface area contributed by atoms with Crippen molar-refractivity contribution in [3.05, 3.63) is 53.1 Å². The van der Waals surface area contributed by atoms with Crippen LogP contribution in [0, 0.1) is 13.8 Å². The molecule has 0 saturated carbocycles. The van der Waals surface area contributed by atoms with Gasteiger partial charge in [-0.3, -0.25) is 4.79 Å². The maximum absolute atomic E-state index is 11.5. The van der Waals surface area contributed by atoms with Crippen molar-refractivity contribution in [2.75, 3.05) is 18.0 Å². The molecule has 27 heavy (non-hydrogen) atoms. The highest BCUT2D eigenvalue weighted by Gasteiger charge is 2.26. The number of aromatic amines is 1. The molecule has 1 amide bonds. The summed E-state index contributed by atoms with van der Waals surface area (Å²) in [6.45, 7) is 6.42. The number of nitrogens with two attached hydrogens (primary N) is 1. The number of primary amides is 1. The van der Waals surface area contributed by atoms with Crippen LogP contribution < -0.4 is 16.0 Å². The number of H-pyrrole nitrogens is 1. The van der Waals surface area contributed by atoms with Crippen LogP contribution in [0.1, 0.15) is 33.9 Å². The highest BCUT2D eigenvalue weighted by molar-refractivity contribution is 5.89. The number of carbonyl (C=O) groups excluding carboxylic acids is 1. The smallest absolute Gasteiger partial charge is 0.286 e. The van der Waals surface area contributed by atoms with E-state index in [2.05, 4.69) is 49.4 Å². The number of anilines is 1. The molecular formula is C20H24N6O. The summed E-state index contributed by atoms with van der Waals surface area (Å²) in [5.74, 6) is 0.308. The average Bonchev–Trinajstić information content (AvgIpc) is 3.31. The lowest BCUT2D eigenvalue weighted by molar-refractivity contribution is 0.0990. The van der Waals surface area contributed by atoms with E-state index in [0.717, 1.165) is 43.1 Å². The SMILES string of the molecule is Cc1nc(C(N)=O)nc(N2CC[C@@H](NCc3cccc4cc[nH]c34)C2)c1C. The van der Waals surface area contributed by atoms with Gasteiger partial charge in [-0.2, -0.15) is 0 Å². The Hall–Kier alpha value is -2.93. The summed E-state index contributed by atoms with van der Waals surface area (Å²) < 4.78 is 0. The molecule has 1 aliphatic heterocycles. The molecule has 3 heterocycles. The van der Waals surface area contributed by atoms with E-state index in [1.54, 1.807) is 0 Å². The summed E-state index contributed by atoms with van der Waals surface area (Å²) in [4.78, 5) is 25.6. The van der Waals surface area contributed by atoms with E-state index in [-0.39, 0.29) is 5.82 Å². The first-order valence-electron chi connectivity index (χ1n) is 9.21. The molecular weight excluding hydrogens is 340 g/mol. The molecule has 4 N–H and O–H groups in total. The lowest BCUT2D eigenvalue weighted by atomic mass is 10.1. The summed E-state index contributed by atoms with van der Waals surface area (Å²) in [6.07, 6.45) is 3.00. The van der Waals surface area contributed by atoms with Crippen molar-refractivity contribution in [2.24, 2.45) is 5.73 Å². The van der Waals surface area contributed by atoms with Crippen LogP contribution in [-0.4, -0.2) is 40.0 Å². The summed E-state index contributed by atoms with van der Waals surface area (Å²) in [5.41, 5.74) is 9.62. The summed E-state index contributed by atoms with van der Waals surface area (Å²) in [7, 11) is 0. The fourth-order valence-electron chi connectivity index (χ4n) is 3.70. The molecule has 0 spiro atoms. The normalized spacial score (nSPS) is 17.0. The molecule has 0 bridgehead atoms. The fourth-order valence-corrected chi connectivity index (χ4v) is 3.70. The Balaban J connectivity index is 1.46. The largest absolute Gasteiger partial charge is 0.363 e. The molecule has 0 unspecified atom stereocenters. The quantitative estimate of drug-likeness (QED) is 0.643. The number of benzene rings is 1. The van der Waals surface area contributed by atoms with E-state index in [4.69, 9.17) is 5.73 Å². The third kappa shape index (κ3) is 3.38. The maximum atomic E-state index is 11.5. The standard InChI is InChI=1S/C20H24N6O/c1-12-13(2)24-19(18(21)27)25-20(12)26-9-7-16(11-26)23-10-15-5-3-4-14-6-8-22-17(14)15/h3-6,8,16,22-23H,7,9-11H2,1-2H3,(H2,21,27)/t16-/m1/s1. The van der Waals surface area contributed by atoms with E-state index >= 15 is 0 Å². The number of nitrogens with zero attached hydrogens (tertiary/aromatic N) is 3. The molecule has 1 fully saturated rings. The van der Waals surface area contributed by atoms with Gasteiger partial charge in [0.25, 0.3) is 5.91 Å². The van der Waals surface area contributed by atoms with Crippen LogP contribution in [0.25, 0.3) is 10.9 Å². The van der Waals surface area contributed by atoms with Crippen LogP contribution in [0.2, 0.25) is 0 Å². The number of fused-ring (bicyclic) bond motifs is 1. The molecule has 1 aliphatic rings. The molecule has 7 heteroatoms. The summed E-state index contributed by atoms with van der Waals surface area (Å²) in [6, 6.07) is 8.81. The molecule has 7 nitrogen and oxygen atoms in total. The molecule has 2 aromatic heterocycles. The van der Waals surface area contributed by atoms with Crippen molar-refractivity contribution in [2.45, 2.75) is 32.9 Å². The van der Waals surface area contributed by atoms with Crippen LogP contribution in [0.3, 0.4) is 0 Å². The van der Waals surface area contributed by atoms with E-state index < -0.39 is 5.91 Å². The second kappa shape index (κ2) is 7.00. The minimum Gasteiger partial charge on any atom is -0.363 e. The Labute approximate surface area is 158 Å². The van der Waals surface area contributed by atoms with Gasteiger partial charge in [0.2, 0.25) is 5.82 Å². The fraction of sp³-hybridized carbons (Fsp3) is 0.350. The highest BCUT2D eigenvalue weighted by atomic mass is 16.1. The summed E-state index contributed by atoms with van der Waals surface area (Å²) >= 11 is 0. The van der Waals surface area contributed by atoms with Gasteiger partial charge in [0.15, 0.2) is 0 Å². The van der Waals surface area contributed by atoms with Crippen LogP contribution in [0.4, 0.5) is 5.82 Å². The third-order valence-corrected chi connectivity index (χ3v) is 5.33. The van der Waals surface area contributed by atoms with Crippen LogP contribution in [0.5, 0.6) is 0 Å². The first-order chi connectivity index (χ1) is 13.0. The first-order valence-corrected chi connectivity index (χ1v) is 9.21. The van der Waals surface area contributed by atoms with Gasteiger partial charge in [-0.15, -0.1) is 0 Å². The second-order valence-electron chi connectivity index (χ2n) is 7.12. The molecule has 1 aromatic carbocycles. The van der Waals surface area contributed by atoms with Crippen molar-refractivity contribution in [1.29, 1.82) is 0 Å². The Morgan fingerprint density at radius 3 is 3.00 bits per heavy atom. The molecule has 1 saturated heterocycles. The lowest BCUT2D eigenvalue weighted by Crippen LogP contribution is -2.33. The molecule has 1 atom stereocenters. The van der Waals surface area contributed by atoms with Gasteiger partial charge in [-0.05, 0) is 37.3 Å². The molecule has 0 radical (unpaired) electrons.